The molecule has 1 saturated heterocycles. The van der Waals surface area contributed by atoms with Crippen molar-refractivity contribution in [1.82, 2.24) is 9.47 Å². The van der Waals surface area contributed by atoms with Gasteiger partial charge in [-0.1, -0.05) is 6.07 Å². The van der Waals surface area contributed by atoms with Crippen LogP contribution in [0.2, 0.25) is 0 Å². The molecule has 1 fully saturated rings. The molecular formula is C12H17N3O3. The van der Waals surface area contributed by atoms with Crippen LogP contribution in [0, 0.1) is 0 Å². The van der Waals surface area contributed by atoms with Crippen LogP contribution in [0.4, 0.5) is 0 Å². The lowest BCUT2D eigenvalue weighted by Crippen LogP contribution is -2.50. The molecule has 1 aromatic heterocycles. The number of nitrogens with zero attached hydrogens (tertiary/aromatic N) is 2. The summed E-state index contributed by atoms with van der Waals surface area (Å²) in [6.45, 7) is 2.18. The van der Waals surface area contributed by atoms with Gasteiger partial charge in [-0.05, 0) is 12.5 Å². The first kappa shape index (κ1) is 12.8. The summed E-state index contributed by atoms with van der Waals surface area (Å²) in [4.78, 5) is 24.5. The first-order valence-corrected chi connectivity index (χ1v) is 5.91. The lowest BCUT2D eigenvalue weighted by molar-refractivity contribution is -0.142. The summed E-state index contributed by atoms with van der Waals surface area (Å²) in [5.74, 6) is -0.957. The third-order valence-electron chi connectivity index (χ3n) is 3.36. The van der Waals surface area contributed by atoms with Crippen LogP contribution < -0.4 is 11.3 Å². The number of hydrogen-bond acceptors (Lipinski definition) is 4. The van der Waals surface area contributed by atoms with Crippen molar-refractivity contribution < 1.29 is 9.90 Å². The average Bonchev–Trinajstić information content (AvgIpc) is 2.72. The normalized spacial score (nSPS) is 24.3. The highest BCUT2D eigenvalue weighted by atomic mass is 16.4. The van der Waals surface area contributed by atoms with Gasteiger partial charge in [0, 0.05) is 38.4 Å². The number of aliphatic carboxylic acids is 1. The molecule has 1 aliphatic rings. The van der Waals surface area contributed by atoms with Crippen molar-refractivity contribution in [3.63, 3.8) is 0 Å². The van der Waals surface area contributed by atoms with Gasteiger partial charge < -0.3 is 15.4 Å². The average molecular weight is 251 g/mol. The second-order valence-electron chi connectivity index (χ2n) is 4.72. The van der Waals surface area contributed by atoms with Crippen molar-refractivity contribution in [2.75, 3.05) is 19.6 Å². The van der Waals surface area contributed by atoms with Crippen LogP contribution in [0.25, 0.3) is 0 Å². The van der Waals surface area contributed by atoms with E-state index in [9.17, 15) is 9.59 Å². The molecule has 6 nitrogen and oxygen atoms in total. The van der Waals surface area contributed by atoms with Gasteiger partial charge in [0.15, 0.2) is 0 Å². The molecule has 1 aromatic rings. The van der Waals surface area contributed by atoms with E-state index in [0.717, 1.165) is 0 Å². The quantitative estimate of drug-likeness (QED) is 0.741. The molecule has 0 saturated carbocycles. The number of carboxylic acid groups (broad SMARTS) is 1. The lowest BCUT2D eigenvalue weighted by Gasteiger charge is -2.20. The maximum atomic E-state index is 11.5. The Morgan fingerprint density at radius 2 is 2.22 bits per heavy atom. The Hall–Kier alpha value is -1.66. The fourth-order valence-electron chi connectivity index (χ4n) is 2.17. The molecule has 3 N–H and O–H groups in total. The summed E-state index contributed by atoms with van der Waals surface area (Å²) < 4.78 is 1.61. The number of aromatic nitrogens is 1. The molecule has 2 rings (SSSR count). The minimum absolute atomic E-state index is 0.0473. The summed E-state index contributed by atoms with van der Waals surface area (Å²) in [5, 5.41) is 9.01. The van der Waals surface area contributed by atoms with E-state index in [1.165, 1.54) is 6.07 Å². The molecule has 0 aromatic carbocycles. The second-order valence-corrected chi connectivity index (χ2v) is 4.72. The van der Waals surface area contributed by atoms with E-state index in [-0.39, 0.29) is 5.56 Å². The SMILES string of the molecule is NC1(C(=O)O)CCN(CCn2ccccc2=O)C1. The zero-order valence-corrected chi connectivity index (χ0v) is 10.1. The minimum Gasteiger partial charge on any atom is -0.480 e. The topological polar surface area (TPSA) is 88.6 Å². The van der Waals surface area contributed by atoms with Crippen molar-refractivity contribution in [1.29, 1.82) is 0 Å². The smallest absolute Gasteiger partial charge is 0.325 e. The standard InChI is InChI=1S/C12H17N3O3/c13-12(11(17)18)4-6-14(9-12)7-8-15-5-2-1-3-10(15)16/h1-3,5H,4,6-9,13H2,(H,17,18). The lowest BCUT2D eigenvalue weighted by atomic mass is 10.0. The summed E-state index contributed by atoms with van der Waals surface area (Å²) in [5.41, 5.74) is 4.60. The number of pyridine rings is 1. The maximum Gasteiger partial charge on any atom is 0.325 e. The van der Waals surface area contributed by atoms with E-state index in [1.807, 2.05) is 4.90 Å². The molecule has 0 bridgehead atoms. The van der Waals surface area contributed by atoms with Crippen LogP contribution in [0.3, 0.4) is 0 Å². The predicted octanol–water partition coefficient (Wildman–Crippen LogP) is -0.664. The van der Waals surface area contributed by atoms with Gasteiger partial charge in [0.1, 0.15) is 5.54 Å². The second kappa shape index (κ2) is 4.91. The highest BCUT2D eigenvalue weighted by Crippen LogP contribution is 2.18. The Labute approximate surface area is 105 Å². The summed E-state index contributed by atoms with van der Waals surface area (Å²) in [6.07, 6.45) is 2.18. The van der Waals surface area contributed by atoms with E-state index in [0.29, 0.717) is 32.6 Å². The summed E-state index contributed by atoms with van der Waals surface area (Å²) in [6, 6.07) is 5.01. The van der Waals surface area contributed by atoms with Crippen LogP contribution in [0.1, 0.15) is 6.42 Å². The Morgan fingerprint density at radius 3 is 2.83 bits per heavy atom. The van der Waals surface area contributed by atoms with Crippen LogP contribution in [0.15, 0.2) is 29.2 Å². The Kier molecular flexibility index (Phi) is 3.49. The van der Waals surface area contributed by atoms with Gasteiger partial charge >= 0.3 is 5.97 Å². The van der Waals surface area contributed by atoms with Gasteiger partial charge in [0.05, 0.1) is 0 Å². The van der Waals surface area contributed by atoms with Gasteiger partial charge in [-0.2, -0.15) is 0 Å². The zero-order chi connectivity index (χ0) is 13.2. The van der Waals surface area contributed by atoms with Crippen molar-refractivity contribution in [2.24, 2.45) is 5.73 Å². The van der Waals surface area contributed by atoms with Crippen molar-refractivity contribution in [3.8, 4) is 0 Å². The number of carbonyl (C=O) groups is 1. The fraction of sp³-hybridized carbons (Fsp3) is 0.500. The first-order valence-electron chi connectivity index (χ1n) is 5.91. The van der Waals surface area contributed by atoms with Crippen LogP contribution >= 0.6 is 0 Å². The molecule has 0 aliphatic carbocycles. The van der Waals surface area contributed by atoms with Crippen LogP contribution in [0.5, 0.6) is 0 Å². The molecule has 0 amide bonds. The number of rotatable bonds is 4. The third-order valence-corrected chi connectivity index (χ3v) is 3.36. The molecular weight excluding hydrogens is 234 g/mol. The molecule has 6 heteroatoms. The number of carboxylic acids is 1. The highest BCUT2D eigenvalue weighted by Gasteiger charge is 2.40. The third kappa shape index (κ3) is 2.60. The summed E-state index contributed by atoms with van der Waals surface area (Å²) >= 11 is 0. The van der Waals surface area contributed by atoms with E-state index in [2.05, 4.69) is 0 Å². The largest absolute Gasteiger partial charge is 0.480 e. The minimum atomic E-state index is -1.14. The Balaban J connectivity index is 1.92. The first-order chi connectivity index (χ1) is 8.51. The van der Waals surface area contributed by atoms with Gasteiger partial charge in [0.2, 0.25) is 0 Å². The maximum absolute atomic E-state index is 11.5. The van der Waals surface area contributed by atoms with Crippen LogP contribution in [-0.4, -0.2) is 45.7 Å². The summed E-state index contributed by atoms with van der Waals surface area (Å²) in [7, 11) is 0. The number of hydrogen-bond donors (Lipinski definition) is 2. The van der Waals surface area contributed by atoms with Crippen molar-refractivity contribution in [2.45, 2.75) is 18.5 Å². The number of likely N-dealkylation sites (tertiary alicyclic amines) is 1. The van der Waals surface area contributed by atoms with E-state index < -0.39 is 11.5 Å². The number of nitrogens with two attached hydrogens (primary N) is 1. The molecule has 1 atom stereocenters. The van der Waals surface area contributed by atoms with Gasteiger partial charge in [0.25, 0.3) is 5.56 Å². The van der Waals surface area contributed by atoms with Gasteiger partial charge in [-0.3, -0.25) is 14.5 Å². The Morgan fingerprint density at radius 1 is 1.44 bits per heavy atom. The molecule has 1 unspecified atom stereocenters. The molecule has 2 heterocycles. The fourth-order valence-corrected chi connectivity index (χ4v) is 2.17. The highest BCUT2D eigenvalue weighted by molar-refractivity contribution is 5.79. The van der Waals surface area contributed by atoms with E-state index in [1.54, 1.807) is 22.9 Å². The van der Waals surface area contributed by atoms with Gasteiger partial charge in [-0.25, -0.2) is 0 Å². The predicted molar refractivity (Wildman–Crippen MR) is 66.3 cm³/mol. The van der Waals surface area contributed by atoms with Crippen molar-refractivity contribution in [3.05, 3.63) is 34.7 Å². The molecule has 0 spiro atoms. The monoisotopic (exact) mass is 251 g/mol. The van der Waals surface area contributed by atoms with Crippen LogP contribution in [-0.2, 0) is 11.3 Å². The Bertz CT molecular complexity index is 499. The molecule has 1 aliphatic heterocycles. The zero-order valence-electron chi connectivity index (χ0n) is 10.1. The molecule has 18 heavy (non-hydrogen) atoms. The van der Waals surface area contributed by atoms with Crippen molar-refractivity contribution >= 4 is 5.97 Å². The van der Waals surface area contributed by atoms with E-state index >= 15 is 0 Å². The molecule has 0 radical (unpaired) electrons. The van der Waals surface area contributed by atoms with E-state index in [4.69, 9.17) is 10.8 Å². The molecule has 98 valence electrons. The van der Waals surface area contributed by atoms with Gasteiger partial charge in [-0.15, -0.1) is 0 Å².